The molecule has 15 heavy (non-hydrogen) atoms. The molecule has 2 nitrogen and oxygen atoms in total. The van der Waals surface area contributed by atoms with Crippen molar-refractivity contribution < 1.29 is 4.79 Å². The van der Waals surface area contributed by atoms with Crippen LogP contribution in [0.25, 0.3) is 0 Å². The summed E-state index contributed by atoms with van der Waals surface area (Å²) in [5, 5.41) is 0. The van der Waals surface area contributed by atoms with Crippen molar-refractivity contribution in [1.29, 1.82) is 0 Å². The summed E-state index contributed by atoms with van der Waals surface area (Å²) in [5.41, 5.74) is 1.10. The van der Waals surface area contributed by atoms with Gasteiger partial charge in [-0.25, -0.2) is 0 Å². The van der Waals surface area contributed by atoms with E-state index in [1.54, 1.807) is 11.3 Å². The Kier molecular flexibility index (Phi) is 5.58. The molecule has 0 spiro atoms. The minimum atomic E-state index is 0.623. The lowest BCUT2D eigenvalue weighted by Gasteiger charge is -1.97. The highest BCUT2D eigenvalue weighted by molar-refractivity contribution is 7.16. The smallest absolute Gasteiger partial charge is 0.120 e. The molecular weight excluding hydrogens is 230 g/mol. The minimum Gasteiger partial charge on any atom is -0.303 e. The molecule has 0 saturated heterocycles. The zero-order valence-electron chi connectivity index (χ0n) is 8.70. The van der Waals surface area contributed by atoms with E-state index >= 15 is 0 Å². The van der Waals surface area contributed by atoms with E-state index < -0.39 is 0 Å². The molecule has 1 aromatic heterocycles. The van der Waals surface area contributed by atoms with Crippen molar-refractivity contribution in [1.82, 2.24) is 0 Å². The summed E-state index contributed by atoms with van der Waals surface area (Å²) in [6.07, 6.45) is 3.37. The molecule has 0 aliphatic rings. The van der Waals surface area contributed by atoms with E-state index in [1.165, 1.54) is 4.88 Å². The molecule has 0 unspecified atom stereocenters. The van der Waals surface area contributed by atoms with Gasteiger partial charge in [-0.05, 0) is 31.9 Å². The van der Waals surface area contributed by atoms with Crippen LogP contribution in [-0.4, -0.2) is 12.0 Å². The van der Waals surface area contributed by atoms with Crippen LogP contribution >= 0.6 is 22.9 Å². The molecule has 4 heteroatoms. The van der Waals surface area contributed by atoms with E-state index in [-0.39, 0.29) is 0 Å². The Labute approximate surface area is 99.0 Å². The number of thiophene rings is 1. The van der Waals surface area contributed by atoms with Gasteiger partial charge in [-0.15, -0.1) is 11.3 Å². The third-order valence-electron chi connectivity index (χ3n) is 1.99. The van der Waals surface area contributed by atoms with Crippen LogP contribution in [0.2, 0.25) is 4.34 Å². The van der Waals surface area contributed by atoms with Crippen molar-refractivity contribution in [2.75, 3.05) is 0 Å². The van der Waals surface area contributed by atoms with Crippen LogP contribution in [0.4, 0.5) is 0 Å². The number of unbranched alkanes of at least 4 members (excludes halogenated alkanes) is 1. The van der Waals surface area contributed by atoms with Gasteiger partial charge in [0.1, 0.15) is 6.29 Å². The highest BCUT2D eigenvalue weighted by atomic mass is 35.5. The number of hydrogen-bond donors (Lipinski definition) is 0. The maximum absolute atomic E-state index is 10.1. The molecular formula is C11H14ClNOS. The fourth-order valence-electron chi connectivity index (χ4n) is 1.17. The van der Waals surface area contributed by atoms with Crippen molar-refractivity contribution in [3.05, 3.63) is 21.3 Å². The summed E-state index contributed by atoms with van der Waals surface area (Å²) in [6, 6.07) is 3.88. The second-order valence-corrected chi connectivity index (χ2v) is 5.12. The summed E-state index contributed by atoms with van der Waals surface area (Å²) in [6.45, 7) is 2.70. The number of carbonyl (C=O) groups is 1. The first-order chi connectivity index (χ1) is 7.22. The predicted molar refractivity (Wildman–Crippen MR) is 66.1 cm³/mol. The minimum absolute atomic E-state index is 0.623. The second-order valence-electron chi connectivity index (χ2n) is 3.32. The van der Waals surface area contributed by atoms with E-state index in [0.717, 1.165) is 29.2 Å². The van der Waals surface area contributed by atoms with Crippen molar-refractivity contribution in [3.63, 3.8) is 0 Å². The third kappa shape index (κ3) is 5.09. The normalized spacial score (nSPS) is 11.7. The first kappa shape index (κ1) is 12.4. The van der Waals surface area contributed by atoms with Gasteiger partial charge in [0, 0.05) is 17.0 Å². The van der Waals surface area contributed by atoms with Gasteiger partial charge in [0.2, 0.25) is 0 Å². The van der Waals surface area contributed by atoms with Crippen LogP contribution in [0, 0.1) is 0 Å². The number of hydrogen-bond acceptors (Lipinski definition) is 3. The maximum atomic E-state index is 10.1. The molecule has 1 rings (SSSR count). The van der Waals surface area contributed by atoms with Crippen LogP contribution in [0.15, 0.2) is 17.1 Å². The van der Waals surface area contributed by atoms with Gasteiger partial charge < -0.3 is 4.79 Å². The Morgan fingerprint density at radius 2 is 2.40 bits per heavy atom. The van der Waals surface area contributed by atoms with Crippen LogP contribution in [-0.2, 0) is 11.3 Å². The molecule has 82 valence electrons. The molecule has 0 radical (unpaired) electrons. The molecule has 0 aromatic carbocycles. The zero-order chi connectivity index (χ0) is 11.1. The Hall–Kier alpha value is -0.670. The topological polar surface area (TPSA) is 29.4 Å². The molecule has 0 saturated carbocycles. The van der Waals surface area contributed by atoms with Crippen molar-refractivity contribution >= 4 is 34.9 Å². The Morgan fingerprint density at radius 3 is 3.00 bits per heavy atom. The molecule has 0 bridgehead atoms. The summed E-state index contributed by atoms with van der Waals surface area (Å²) >= 11 is 7.37. The number of nitrogens with zero attached hydrogens (tertiary/aromatic N) is 1. The van der Waals surface area contributed by atoms with Gasteiger partial charge in [-0.2, -0.15) is 0 Å². The Morgan fingerprint density at radius 1 is 1.60 bits per heavy atom. The van der Waals surface area contributed by atoms with Crippen molar-refractivity contribution in [2.24, 2.45) is 4.99 Å². The molecule has 0 aliphatic carbocycles. The van der Waals surface area contributed by atoms with Gasteiger partial charge >= 0.3 is 0 Å². The number of halogens is 1. The highest BCUT2D eigenvalue weighted by Gasteiger charge is 1.97. The van der Waals surface area contributed by atoms with Crippen LogP contribution < -0.4 is 0 Å². The monoisotopic (exact) mass is 243 g/mol. The fourth-order valence-corrected chi connectivity index (χ4v) is 2.18. The summed E-state index contributed by atoms with van der Waals surface area (Å²) in [5.74, 6) is 0. The van der Waals surface area contributed by atoms with Gasteiger partial charge in [0.25, 0.3) is 0 Å². The van der Waals surface area contributed by atoms with Gasteiger partial charge in [-0.3, -0.25) is 4.99 Å². The summed E-state index contributed by atoms with van der Waals surface area (Å²) in [4.78, 5) is 15.7. The molecule has 0 fully saturated rings. The number of rotatable bonds is 6. The van der Waals surface area contributed by atoms with E-state index in [9.17, 15) is 4.79 Å². The van der Waals surface area contributed by atoms with Crippen LogP contribution in [0.5, 0.6) is 0 Å². The maximum Gasteiger partial charge on any atom is 0.120 e. The van der Waals surface area contributed by atoms with E-state index in [2.05, 4.69) is 4.99 Å². The average molecular weight is 244 g/mol. The summed E-state index contributed by atoms with van der Waals surface area (Å²) < 4.78 is 0.804. The van der Waals surface area contributed by atoms with Crippen molar-refractivity contribution in [3.8, 4) is 0 Å². The average Bonchev–Trinajstić information content (AvgIpc) is 2.62. The lowest BCUT2D eigenvalue weighted by atomic mass is 10.2. The van der Waals surface area contributed by atoms with E-state index in [1.807, 2.05) is 19.1 Å². The number of aliphatic imine (C=N–C) groups is 1. The predicted octanol–water partition coefficient (Wildman–Crippen LogP) is 3.73. The highest BCUT2D eigenvalue weighted by Crippen LogP contribution is 2.21. The molecule has 0 N–H and O–H groups in total. The fraction of sp³-hybridized carbons (Fsp3) is 0.455. The van der Waals surface area contributed by atoms with Crippen molar-refractivity contribution in [2.45, 2.75) is 32.7 Å². The quantitative estimate of drug-likeness (QED) is 0.425. The van der Waals surface area contributed by atoms with Crippen LogP contribution in [0.1, 0.15) is 31.1 Å². The largest absolute Gasteiger partial charge is 0.303 e. The third-order valence-corrected chi connectivity index (χ3v) is 3.21. The SMILES string of the molecule is CC(CCCC=O)=NCc1ccc(Cl)s1. The Bertz CT molecular complexity index is 346. The van der Waals surface area contributed by atoms with Crippen LogP contribution in [0.3, 0.4) is 0 Å². The lowest BCUT2D eigenvalue weighted by molar-refractivity contribution is -0.107. The number of carbonyl (C=O) groups excluding carboxylic acids is 1. The molecule has 1 heterocycles. The first-order valence-corrected chi connectivity index (χ1v) is 6.09. The molecule has 0 aliphatic heterocycles. The number of aldehydes is 1. The molecule has 1 aromatic rings. The summed E-state index contributed by atoms with van der Waals surface area (Å²) in [7, 11) is 0. The Balaban J connectivity index is 2.33. The lowest BCUT2D eigenvalue weighted by Crippen LogP contribution is -1.92. The zero-order valence-corrected chi connectivity index (χ0v) is 10.3. The van der Waals surface area contributed by atoms with E-state index in [0.29, 0.717) is 13.0 Å². The first-order valence-electron chi connectivity index (χ1n) is 4.90. The van der Waals surface area contributed by atoms with Gasteiger partial charge in [0.05, 0.1) is 10.9 Å². The molecule has 0 amide bonds. The van der Waals surface area contributed by atoms with Gasteiger partial charge in [0.15, 0.2) is 0 Å². The molecule has 0 atom stereocenters. The van der Waals surface area contributed by atoms with E-state index in [4.69, 9.17) is 11.6 Å². The second kappa shape index (κ2) is 6.75. The van der Waals surface area contributed by atoms with Gasteiger partial charge in [-0.1, -0.05) is 11.6 Å². The standard InChI is InChI=1S/C11H14ClNOS/c1-9(4-2-3-7-14)13-8-10-5-6-11(12)15-10/h5-7H,2-4,8H2,1H3.